The van der Waals surface area contributed by atoms with Crippen molar-refractivity contribution in [2.75, 3.05) is 32.8 Å². The lowest BCUT2D eigenvalue weighted by Gasteiger charge is -2.30. The van der Waals surface area contributed by atoms with Gasteiger partial charge in [-0.15, -0.1) is 0 Å². The number of carbonyl (C=O) groups excluding carboxylic acids is 2. The van der Waals surface area contributed by atoms with Gasteiger partial charge in [0.05, 0.1) is 33.6 Å². The average molecular weight is 442 g/mol. The molecule has 9 heteroatoms. The summed E-state index contributed by atoms with van der Waals surface area (Å²) in [5.74, 6) is 0.811. The van der Waals surface area contributed by atoms with E-state index in [9.17, 15) is 9.59 Å². The molecule has 1 fully saturated rings. The second kappa shape index (κ2) is 9.48. The first kappa shape index (κ1) is 22.1. The summed E-state index contributed by atoms with van der Waals surface area (Å²) in [6.45, 7) is 2.29. The van der Waals surface area contributed by atoms with Crippen molar-refractivity contribution in [3.05, 3.63) is 47.5 Å². The highest BCUT2D eigenvalue weighted by molar-refractivity contribution is 7.80. The van der Waals surface area contributed by atoms with E-state index < -0.39 is 11.8 Å². The van der Waals surface area contributed by atoms with Crippen LogP contribution in [0.5, 0.6) is 23.0 Å². The van der Waals surface area contributed by atoms with Crippen LogP contribution in [-0.4, -0.2) is 44.9 Å². The van der Waals surface area contributed by atoms with Crippen molar-refractivity contribution in [2.45, 2.75) is 6.92 Å². The van der Waals surface area contributed by atoms with Crippen molar-refractivity contribution in [3.63, 3.8) is 0 Å². The predicted octanol–water partition coefficient (Wildman–Crippen LogP) is 2.94. The number of hydrogen-bond acceptors (Lipinski definition) is 7. The van der Waals surface area contributed by atoms with E-state index in [0.717, 1.165) is 0 Å². The summed E-state index contributed by atoms with van der Waals surface area (Å²) >= 11 is 5.26. The molecule has 0 atom stereocenters. The molecular weight excluding hydrogens is 420 g/mol. The summed E-state index contributed by atoms with van der Waals surface area (Å²) in [6.07, 6.45) is 1.48. The van der Waals surface area contributed by atoms with E-state index >= 15 is 0 Å². The molecule has 1 saturated heterocycles. The molecule has 1 heterocycles. The van der Waals surface area contributed by atoms with Gasteiger partial charge in [-0.3, -0.25) is 14.9 Å². The van der Waals surface area contributed by atoms with Crippen LogP contribution in [0.4, 0.5) is 5.69 Å². The quantitative estimate of drug-likeness (QED) is 0.401. The standard InChI is InChI=1S/C22H22N2O6S/c1-5-30-19-11-13(6-9-17(19)28-3)10-15-20(25)23-22(31)24(21(15)26)16-8-7-14(27-2)12-18(16)29-4/h6-12H,5H2,1-4H3,(H,23,25,31)/b15-10+. The Labute approximate surface area is 185 Å². The molecule has 0 aromatic heterocycles. The van der Waals surface area contributed by atoms with Gasteiger partial charge in [-0.2, -0.15) is 0 Å². The molecule has 2 aromatic rings. The summed E-state index contributed by atoms with van der Waals surface area (Å²) in [4.78, 5) is 27.1. The molecule has 162 valence electrons. The molecular formula is C22H22N2O6S. The van der Waals surface area contributed by atoms with Crippen LogP contribution < -0.4 is 29.2 Å². The predicted molar refractivity (Wildman–Crippen MR) is 120 cm³/mol. The number of nitrogens with one attached hydrogen (secondary N) is 1. The number of amides is 2. The Bertz CT molecular complexity index is 1070. The van der Waals surface area contributed by atoms with E-state index in [4.69, 9.17) is 31.2 Å². The van der Waals surface area contributed by atoms with Crippen LogP contribution >= 0.6 is 12.2 Å². The van der Waals surface area contributed by atoms with Crippen molar-refractivity contribution in [3.8, 4) is 23.0 Å². The zero-order chi connectivity index (χ0) is 22.5. The highest BCUT2D eigenvalue weighted by atomic mass is 32.1. The normalized spacial score (nSPS) is 15.0. The number of anilines is 1. The smallest absolute Gasteiger partial charge is 0.270 e. The SMILES string of the molecule is CCOc1cc(/C=C2\C(=O)NC(=S)N(c3ccc(OC)cc3OC)C2=O)ccc1OC. The van der Waals surface area contributed by atoms with Crippen LogP contribution in [0.1, 0.15) is 12.5 Å². The van der Waals surface area contributed by atoms with Gasteiger partial charge in [-0.25, -0.2) is 4.90 Å². The molecule has 0 aliphatic carbocycles. The van der Waals surface area contributed by atoms with Gasteiger partial charge in [0, 0.05) is 6.07 Å². The zero-order valence-corrected chi connectivity index (χ0v) is 18.4. The molecule has 1 aliphatic heterocycles. The number of methoxy groups -OCH3 is 3. The number of carbonyl (C=O) groups is 2. The van der Waals surface area contributed by atoms with Crippen molar-refractivity contribution in [1.82, 2.24) is 5.32 Å². The Balaban J connectivity index is 2.03. The maximum Gasteiger partial charge on any atom is 0.270 e. The Morgan fingerprint density at radius 2 is 1.71 bits per heavy atom. The van der Waals surface area contributed by atoms with Gasteiger partial charge < -0.3 is 18.9 Å². The summed E-state index contributed by atoms with van der Waals surface area (Å²) in [7, 11) is 4.53. The fourth-order valence-corrected chi connectivity index (χ4v) is 3.34. The lowest BCUT2D eigenvalue weighted by atomic mass is 10.1. The first-order valence-electron chi connectivity index (χ1n) is 9.37. The number of ether oxygens (including phenoxy) is 4. The number of nitrogens with zero attached hydrogens (tertiary/aromatic N) is 1. The molecule has 0 saturated carbocycles. The number of thiocarbonyl (C=S) groups is 1. The summed E-state index contributed by atoms with van der Waals surface area (Å²) in [5.41, 5.74) is 0.894. The van der Waals surface area contributed by atoms with Gasteiger partial charge in [0.1, 0.15) is 17.1 Å². The average Bonchev–Trinajstić information content (AvgIpc) is 2.77. The Kier molecular flexibility index (Phi) is 6.76. The molecule has 0 unspecified atom stereocenters. The minimum atomic E-state index is -0.590. The second-order valence-corrected chi connectivity index (χ2v) is 6.73. The van der Waals surface area contributed by atoms with Crippen LogP contribution in [0, 0.1) is 0 Å². The number of benzene rings is 2. The lowest BCUT2D eigenvalue weighted by Crippen LogP contribution is -2.54. The third-order valence-corrected chi connectivity index (χ3v) is 4.81. The molecule has 2 aromatic carbocycles. The van der Waals surface area contributed by atoms with Crippen LogP contribution in [0.25, 0.3) is 6.08 Å². The Morgan fingerprint density at radius 1 is 0.968 bits per heavy atom. The van der Waals surface area contributed by atoms with E-state index in [1.54, 1.807) is 36.4 Å². The molecule has 0 bridgehead atoms. The Morgan fingerprint density at radius 3 is 2.35 bits per heavy atom. The minimum Gasteiger partial charge on any atom is -0.497 e. The van der Waals surface area contributed by atoms with Gasteiger partial charge in [0.2, 0.25) is 0 Å². The van der Waals surface area contributed by atoms with Crippen LogP contribution in [0.3, 0.4) is 0 Å². The fraction of sp³-hybridized carbons (Fsp3) is 0.227. The largest absolute Gasteiger partial charge is 0.497 e. The van der Waals surface area contributed by atoms with Gasteiger partial charge in [0.15, 0.2) is 16.6 Å². The molecule has 0 radical (unpaired) electrons. The van der Waals surface area contributed by atoms with Crippen molar-refractivity contribution in [2.24, 2.45) is 0 Å². The minimum absolute atomic E-state index is 0.0413. The van der Waals surface area contributed by atoms with Crippen molar-refractivity contribution >= 4 is 40.9 Å². The molecule has 1 aliphatic rings. The van der Waals surface area contributed by atoms with Gasteiger partial charge in [0.25, 0.3) is 11.8 Å². The molecule has 2 amide bonds. The molecule has 3 rings (SSSR count). The van der Waals surface area contributed by atoms with Gasteiger partial charge in [-0.05, 0) is 55.0 Å². The van der Waals surface area contributed by atoms with E-state index in [-0.39, 0.29) is 10.7 Å². The van der Waals surface area contributed by atoms with E-state index in [1.807, 2.05) is 6.92 Å². The maximum atomic E-state index is 13.3. The Hall–Kier alpha value is -3.59. The fourth-order valence-electron chi connectivity index (χ4n) is 3.06. The first-order valence-corrected chi connectivity index (χ1v) is 9.78. The monoisotopic (exact) mass is 442 g/mol. The number of hydrogen-bond donors (Lipinski definition) is 1. The van der Waals surface area contributed by atoms with Gasteiger partial charge >= 0.3 is 0 Å². The molecule has 8 nitrogen and oxygen atoms in total. The second-order valence-electron chi connectivity index (χ2n) is 6.34. The molecule has 31 heavy (non-hydrogen) atoms. The van der Waals surface area contributed by atoms with Crippen LogP contribution in [0.2, 0.25) is 0 Å². The third-order valence-electron chi connectivity index (χ3n) is 4.53. The highest BCUT2D eigenvalue weighted by Crippen LogP contribution is 2.35. The van der Waals surface area contributed by atoms with Crippen molar-refractivity contribution in [1.29, 1.82) is 0 Å². The summed E-state index contributed by atoms with van der Waals surface area (Å²) in [6, 6.07) is 10.1. The van der Waals surface area contributed by atoms with Crippen LogP contribution in [-0.2, 0) is 9.59 Å². The van der Waals surface area contributed by atoms with E-state index in [0.29, 0.717) is 40.9 Å². The summed E-state index contributed by atoms with van der Waals surface area (Å²) < 4.78 is 21.4. The maximum absolute atomic E-state index is 13.3. The van der Waals surface area contributed by atoms with E-state index in [2.05, 4.69) is 5.32 Å². The van der Waals surface area contributed by atoms with E-state index in [1.165, 1.54) is 32.3 Å². The third kappa shape index (κ3) is 4.46. The topological polar surface area (TPSA) is 86.3 Å². The number of rotatable bonds is 7. The van der Waals surface area contributed by atoms with Crippen LogP contribution in [0.15, 0.2) is 42.0 Å². The molecule has 1 N–H and O–H groups in total. The van der Waals surface area contributed by atoms with Gasteiger partial charge in [-0.1, -0.05) is 6.07 Å². The van der Waals surface area contributed by atoms with Crippen molar-refractivity contribution < 1.29 is 28.5 Å². The first-order chi connectivity index (χ1) is 14.9. The molecule has 0 spiro atoms. The highest BCUT2D eigenvalue weighted by Gasteiger charge is 2.36. The summed E-state index contributed by atoms with van der Waals surface area (Å²) in [5, 5.41) is 2.52. The zero-order valence-electron chi connectivity index (χ0n) is 17.6. The lowest BCUT2D eigenvalue weighted by molar-refractivity contribution is -0.122.